The molecule has 1 aliphatic heterocycles. The lowest BCUT2D eigenvalue weighted by Gasteiger charge is -2.32. The second kappa shape index (κ2) is 7.10. The number of hydrogen-bond donors (Lipinski definition) is 2. The number of rotatable bonds is 7. The van der Waals surface area contributed by atoms with Crippen LogP contribution in [0.15, 0.2) is 0 Å². The van der Waals surface area contributed by atoms with Crippen LogP contribution in [-0.2, 0) is 4.79 Å². The fraction of sp³-hybridized carbons (Fsp3) is 0.929. The third-order valence-electron chi connectivity index (χ3n) is 3.85. The number of carbonyl (C=O) groups is 1. The van der Waals surface area contributed by atoms with E-state index in [-0.39, 0.29) is 5.91 Å². The van der Waals surface area contributed by atoms with Crippen LogP contribution in [0.25, 0.3) is 0 Å². The number of nitrogens with zero attached hydrogens (tertiary/aromatic N) is 1. The van der Waals surface area contributed by atoms with Gasteiger partial charge in [-0.1, -0.05) is 6.92 Å². The molecule has 0 unspecified atom stereocenters. The van der Waals surface area contributed by atoms with Crippen molar-refractivity contribution in [3.8, 4) is 0 Å². The Bertz CT molecular complexity index is 258. The van der Waals surface area contributed by atoms with Crippen LogP contribution >= 0.6 is 0 Å². The van der Waals surface area contributed by atoms with Crippen LogP contribution in [0.3, 0.4) is 0 Å². The molecule has 18 heavy (non-hydrogen) atoms. The summed E-state index contributed by atoms with van der Waals surface area (Å²) in [5, 5.41) is 6.55. The van der Waals surface area contributed by atoms with E-state index < -0.39 is 0 Å². The molecule has 1 amide bonds. The van der Waals surface area contributed by atoms with Gasteiger partial charge in [-0.15, -0.1) is 0 Å². The lowest BCUT2D eigenvalue weighted by atomic mass is 10.0. The Labute approximate surface area is 110 Å². The Hall–Kier alpha value is -0.610. The van der Waals surface area contributed by atoms with Gasteiger partial charge in [0.15, 0.2) is 0 Å². The molecule has 1 heterocycles. The van der Waals surface area contributed by atoms with Gasteiger partial charge in [-0.2, -0.15) is 0 Å². The van der Waals surface area contributed by atoms with Crippen molar-refractivity contribution in [2.45, 2.75) is 57.5 Å². The zero-order valence-electron chi connectivity index (χ0n) is 11.6. The minimum Gasteiger partial charge on any atom is -0.353 e. The van der Waals surface area contributed by atoms with Gasteiger partial charge in [0.1, 0.15) is 0 Å². The van der Waals surface area contributed by atoms with Crippen molar-refractivity contribution < 1.29 is 4.79 Å². The van der Waals surface area contributed by atoms with E-state index in [1.54, 1.807) is 0 Å². The standard InChI is InChI=1S/C14H27N3O/c1-2-9-17-10-6-13(7-11-17)16-14(18)5-8-15-12-3-4-12/h12-13,15H,2-11H2,1H3,(H,16,18). The molecule has 0 bridgehead atoms. The summed E-state index contributed by atoms with van der Waals surface area (Å²) >= 11 is 0. The normalized spacial score (nSPS) is 22.1. The lowest BCUT2D eigenvalue weighted by Crippen LogP contribution is -2.45. The van der Waals surface area contributed by atoms with Gasteiger partial charge in [0.2, 0.25) is 5.91 Å². The molecule has 2 rings (SSSR count). The van der Waals surface area contributed by atoms with Crippen LogP contribution in [0.5, 0.6) is 0 Å². The zero-order chi connectivity index (χ0) is 12.8. The summed E-state index contributed by atoms with van der Waals surface area (Å²) in [4.78, 5) is 14.3. The molecule has 0 radical (unpaired) electrons. The average molecular weight is 253 g/mol. The second-order valence-electron chi connectivity index (χ2n) is 5.66. The predicted molar refractivity (Wildman–Crippen MR) is 73.5 cm³/mol. The zero-order valence-corrected chi connectivity index (χ0v) is 11.6. The predicted octanol–water partition coefficient (Wildman–Crippen LogP) is 1.12. The number of nitrogens with one attached hydrogen (secondary N) is 2. The molecule has 0 aromatic heterocycles. The smallest absolute Gasteiger partial charge is 0.221 e. The number of amides is 1. The molecular formula is C14H27N3O. The van der Waals surface area contributed by atoms with E-state index in [0.717, 1.165) is 32.5 Å². The maximum absolute atomic E-state index is 11.8. The minimum atomic E-state index is 0.220. The number of carbonyl (C=O) groups excluding carboxylic acids is 1. The van der Waals surface area contributed by atoms with Gasteiger partial charge in [-0.25, -0.2) is 0 Å². The van der Waals surface area contributed by atoms with Crippen molar-refractivity contribution in [3.05, 3.63) is 0 Å². The largest absolute Gasteiger partial charge is 0.353 e. The van der Waals surface area contributed by atoms with Crippen molar-refractivity contribution >= 4 is 5.91 Å². The summed E-state index contributed by atoms with van der Waals surface area (Å²) in [5.74, 6) is 0.220. The third-order valence-corrected chi connectivity index (χ3v) is 3.85. The van der Waals surface area contributed by atoms with Gasteiger partial charge >= 0.3 is 0 Å². The summed E-state index contributed by atoms with van der Waals surface area (Å²) in [6, 6.07) is 1.11. The molecule has 104 valence electrons. The van der Waals surface area contributed by atoms with Crippen LogP contribution in [0.1, 0.15) is 45.4 Å². The monoisotopic (exact) mass is 253 g/mol. The highest BCUT2D eigenvalue weighted by Gasteiger charge is 2.22. The Balaban J connectivity index is 1.54. The maximum Gasteiger partial charge on any atom is 0.221 e. The summed E-state index contributed by atoms with van der Waals surface area (Å²) in [7, 11) is 0. The van der Waals surface area contributed by atoms with E-state index in [9.17, 15) is 4.79 Å². The van der Waals surface area contributed by atoms with Gasteiger partial charge in [-0.05, 0) is 38.6 Å². The number of piperidine rings is 1. The van der Waals surface area contributed by atoms with Gasteiger partial charge in [0, 0.05) is 38.1 Å². The van der Waals surface area contributed by atoms with Crippen LogP contribution < -0.4 is 10.6 Å². The topological polar surface area (TPSA) is 44.4 Å². The van der Waals surface area contributed by atoms with E-state index in [0.29, 0.717) is 18.5 Å². The Kier molecular flexibility index (Phi) is 5.45. The molecule has 0 aromatic carbocycles. The van der Waals surface area contributed by atoms with Gasteiger partial charge in [0.05, 0.1) is 0 Å². The lowest BCUT2D eigenvalue weighted by molar-refractivity contribution is -0.122. The highest BCUT2D eigenvalue weighted by atomic mass is 16.1. The van der Waals surface area contributed by atoms with Crippen LogP contribution in [0.4, 0.5) is 0 Å². The highest BCUT2D eigenvalue weighted by molar-refractivity contribution is 5.76. The number of likely N-dealkylation sites (tertiary alicyclic amines) is 1. The second-order valence-corrected chi connectivity index (χ2v) is 5.66. The summed E-state index contributed by atoms with van der Waals surface area (Å²) < 4.78 is 0. The first-order valence-corrected chi connectivity index (χ1v) is 7.53. The summed E-state index contributed by atoms with van der Waals surface area (Å²) in [5.41, 5.74) is 0. The fourth-order valence-electron chi connectivity index (χ4n) is 2.59. The Morgan fingerprint density at radius 3 is 2.50 bits per heavy atom. The molecule has 0 atom stereocenters. The van der Waals surface area contributed by atoms with Gasteiger partial charge in [0.25, 0.3) is 0 Å². The van der Waals surface area contributed by atoms with Crippen LogP contribution in [0.2, 0.25) is 0 Å². The van der Waals surface area contributed by atoms with Crippen molar-refractivity contribution in [2.24, 2.45) is 0 Å². The molecule has 4 heteroatoms. The fourth-order valence-corrected chi connectivity index (χ4v) is 2.59. The molecule has 1 saturated carbocycles. The van der Waals surface area contributed by atoms with E-state index in [1.807, 2.05) is 0 Å². The minimum absolute atomic E-state index is 0.220. The molecule has 4 nitrogen and oxygen atoms in total. The maximum atomic E-state index is 11.8. The molecule has 1 aliphatic carbocycles. The molecule has 0 spiro atoms. The summed E-state index contributed by atoms with van der Waals surface area (Å²) in [6.07, 6.45) is 6.66. The van der Waals surface area contributed by atoms with Gasteiger partial charge < -0.3 is 15.5 Å². The molecule has 0 aromatic rings. The summed E-state index contributed by atoms with van der Waals surface area (Å²) in [6.45, 7) is 6.54. The van der Waals surface area contributed by atoms with Crippen LogP contribution in [-0.4, -0.2) is 49.1 Å². The SMILES string of the molecule is CCCN1CCC(NC(=O)CCNC2CC2)CC1. The molecule has 1 saturated heterocycles. The van der Waals surface area contributed by atoms with Crippen LogP contribution in [0, 0.1) is 0 Å². The molecular weight excluding hydrogens is 226 g/mol. The first-order valence-electron chi connectivity index (χ1n) is 7.53. The van der Waals surface area contributed by atoms with Gasteiger partial charge in [-0.3, -0.25) is 4.79 Å². The third kappa shape index (κ3) is 4.94. The van der Waals surface area contributed by atoms with Crippen molar-refractivity contribution in [2.75, 3.05) is 26.2 Å². The first-order chi connectivity index (χ1) is 8.78. The average Bonchev–Trinajstić information content (AvgIpc) is 3.16. The van der Waals surface area contributed by atoms with Crippen molar-refractivity contribution in [1.82, 2.24) is 15.5 Å². The molecule has 2 N–H and O–H groups in total. The van der Waals surface area contributed by atoms with Crippen molar-refractivity contribution in [3.63, 3.8) is 0 Å². The van der Waals surface area contributed by atoms with Crippen molar-refractivity contribution in [1.29, 1.82) is 0 Å². The Morgan fingerprint density at radius 2 is 1.89 bits per heavy atom. The van der Waals surface area contributed by atoms with E-state index >= 15 is 0 Å². The number of hydrogen-bond acceptors (Lipinski definition) is 3. The quantitative estimate of drug-likeness (QED) is 0.714. The molecule has 2 aliphatic rings. The first kappa shape index (κ1) is 13.8. The highest BCUT2D eigenvalue weighted by Crippen LogP contribution is 2.18. The van der Waals surface area contributed by atoms with E-state index in [4.69, 9.17) is 0 Å². The molecule has 2 fully saturated rings. The van der Waals surface area contributed by atoms with E-state index in [1.165, 1.54) is 25.8 Å². The Morgan fingerprint density at radius 1 is 1.17 bits per heavy atom. The van der Waals surface area contributed by atoms with E-state index in [2.05, 4.69) is 22.5 Å².